The van der Waals surface area contributed by atoms with E-state index >= 15 is 0 Å². The fraction of sp³-hybridized carbons (Fsp3) is 0.471. The van der Waals surface area contributed by atoms with Crippen LogP contribution in [-0.4, -0.2) is 58.5 Å². The molecule has 4 rings (SSSR count). The summed E-state index contributed by atoms with van der Waals surface area (Å²) in [6.07, 6.45) is 7.44. The molecule has 0 radical (unpaired) electrons. The van der Waals surface area contributed by atoms with Crippen molar-refractivity contribution in [3.63, 3.8) is 0 Å². The number of carbonyl (C=O) groups excluding carboxylic acids is 1. The molecular formula is C17H21N5O2. The predicted molar refractivity (Wildman–Crippen MR) is 88.9 cm³/mol. The van der Waals surface area contributed by atoms with E-state index in [4.69, 9.17) is 4.74 Å². The number of nitrogens with one attached hydrogen (secondary N) is 1. The topological polar surface area (TPSA) is 74.3 Å². The van der Waals surface area contributed by atoms with Crippen molar-refractivity contribution in [2.75, 3.05) is 37.7 Å². The van der Waals surface area contributed by atoms with Crippen LogP contribution >= 0.6 is 0 Å². The van der Waals surface area contributed by atoms with Crippen LogP contribution in [0.4, 0.5) is 5.95 Å². The molecule has 0 bridgehead atoms. The third-order valence-electron chi connectivity index (χ3n) is 4.58. The summed E-state index contributed by atoms with van der Waals surface area (Å²) < 4.78 is 5.87. The molecule has 2 aliphatic rings. The largest absolute Gasteiger partial charge is 0.368 e. The molecule has 4 heterocycles. The van der Waals surface area contributed by atoms with Gasteiger partial charge >= 0.3 is 0 Å². The number of anilines is 1. The van der Waals surface area contributed by atoms with E-state index in [9.17, 15) is 4.79 Å². The van der Waals surface area contributed by atoms with E-state index in [0.717, 1.165) is 24.7 Å². The van der Waals surface area contributed by atoms with Crippen LogP contribution in [0.25, 0.3) is 0 Å². The van der Waals surface area contributed by atoms with E-state index in [-0.39, 0.29) is 12.0 Å². The molecule has 2 aromatic rings. The van der Waals surface area contributed by atoms with Crippen molar-refractivity contribution in [1.82, 2.24) is 19.9 Å². The number of H-pyrrole nitrogens is 1. The maximum Gasteiger partial charge on any atom is 0.255 e. The molecule has 2 saturated heterocycles. The number of nitrogens with zero attached hydrogens (tertiary/aromatic N) is 4. The zero-order valence-electron chi connectivity index (χ0n) is 13.5. The minimum absolute atomic E-state index is 0.0263. The lowest BCUT2D eigenvalue weighted by atomic mass is 10.2. The van der Waals surface area contributed by atoms with E-state index in [1.165, 1.54) is 12.8 Å². The molecule has 0 aliphatic carbocycles. The van der Waals surface area contributed by atoms with Crippen LogP contribution in [0.2, 0.25) is 0 Å². The monoisotopic (exact) mass is 327 g/mol. The molecule has 0 spiro atoms. The molecule has 0 saturated carbocycles. The first-order valence-corrected chi connectivity index (χ1v) is 8.43. The zero-order chi connectivity index (χ0) is 16.4. The van der Waals surface area contributed by atoms with Gasteiger partial charge in [-0.2, -0.15) is 0 Å². The molecule has 126 valence electrons. The van der Waals surface area contributed by atoms with Gasteiger partial charge in [-0.25, -0.2) is 9.97 Å². The van der Waals surface area contributed by atoms with Gasteiger partial charge in [0.05, 0.1) is 24.4 Å². The van der Waals surface area contributed by atoms with E-state index < -0.39 is 0 Å². The molecular weight excluding hydrogens is 306 g/mol. The number of morpholine rings is 1. The van der Waals surface area contributed by atoms with Crippen LogP contribution in [0, 0.1) is 0 Å². The Balaban J connectivity index is 1.49. The average Bonchev–Trinajstić information content (AvgIpc) is 3.35. The van der Waals surface area contributed by atoms with Crippen molar-refractivity contribution in [2.45, 2.75) is 18.9 Å². The van der Waals surface area contributed by atoms with Crippen LogP contribution in [0.3, 0.4) is 0 Å². The Bertz CT molecular complexity index is 697. The van der Waals surface area contributed by atoms with Crippen LogP contribution < -0.4 is 4.90 Å². The van der Waals surface area contributed by atoms with E-state index in [1.807, 2.05) is 11.0 Å². The summed E-state index contributed by atoms with van der Waals surface area (Å²) in [5.41, 5.74) is 1.52. The Labute approximate surface area is 140 Å². The molecule has 7 heteroatoms. The fourth-order valence-electron chi connectivity index (χ4n) is 3.26. The standard InChI is InChI=1S/C17H21N5O2/c23-16(13-3-5-18-11-13)22-9-10-24-15(12-22)14-4-6-19-17(20-14)21-7-1-2-8-21/h3-6,11,15,18H,1-2,7-10,12H2. The van der Waals surface area contributed by atoms with Gasteiger partial charge in [0.15, 0.2) is 0 Å². The number of hydrogen-bond acceptors (Lipinski definition) is 5. The SMILES string of the molecule is O=C(c1cc[nH]c1)N1CCOC(c2ccnc(N3CCCC3)n2)C1. The van der Waals surface area contributed by atoms with Crippen LogP contribution in [0.1, 0.15) is 35.0 Å². The maximum absolute atomic E-state index is 12.5. The molecule has 2 fully saturated rings. The summed E-state index contributed by atoms with van der Waals surface area (Å²) in [5.74, 6) is 0.793. The first-order valence-electron chi connectivity index (χ1n) is 8.43. The highest BCUT2D eigenvalue weighted by Gasteiger charge is 2.28. The summed E-state index contributed by atoms with van der Waals surface area (Å²) in [7, 11) is 0. The maximum atomic E-state index is 12.5. The highest BCUT2D eigenvalue weighted by atomic mass is 16.5. The second kappa shape index (κ2) is 6.60. The normalized spacial score (nSPS) is 21.2. The van der Waals surface area contributed by atoms with Crippen molar-refractivity contribution < 1.29 is 9.53 Å². The summed E-state index contributed by atoms with van der Waals surface area (Å²) in [6, 6.07) is 3.68. The van der Waals surface area contributed by atoms with Crippen molar-refractivity contribution in [3.05, 3.63) is 42.0 Å². The third kappa shape index (κ3) is 2.99. The van der Waals surface area contributed by atoms with Gasteiger partial charge in [0.25, 0.3) is 5.91 Å². The van der Waals surface area contributed by atoms with Gasteiger partial charge in [-0.15, -0.1) is 0 Å². The van der Waals surface area contributed by atoms with Gasteiger partial charge in [-0.3, -0.25) is 4.79 Å². The van der Waals surface area contributed by atoms with E-state index in [0.29, 0.717) is 25.3 Å². The minimum atomic E-state index is -0.203. The number of ether oxygens (including phenoxy) is 1. The number of aromatic amines is 1. The third-order valence-corrected chi connectivity index (χ3v) is 4.58. The lowest BCUT2D eigenvalue weighted by molar-refractivity contribution is -0.0247. The van der Waals surface area contributed by atoms with Crippen LogP contribution in [0.15, 0.2) is 30.7 Å². The Kier molecular flexibility index (Phi) is 4.17. The highest BCUT2D eigenvalue weighted by molar-refractivity contribution is 5.94. The van der Waals surface area contributed by atoms with E-state index in [2.05, 4.69) is 19.9 Å². The van der Waals surface area contributed by atoms with Gasteiger partial charge in [-0.05, 0) is 25.0 Å². The van der Waals surface area contributed by atoms with E-state index in [1.54, 1.807) is 24.7 Å². The van der Waals surface area contributed by atoms with Gasteiger partial charge in [0, 0.05) is 38.2 Å². The fourth-order valence-corrected chi connectivity index (χ4v) is 3.26. The summed E-state index contributed by atoms with van der Waals surface area (Å²) in [6.45, 7) is 3.65. The van der Waals surface area contributed by atoms with Crippen molar-refractivity contribution in [2.24, 2.45) is 0 Å². The predicted octanol–water partition coefficient (Wildman–Crippen LogP) is 1.62. The van der Waals surface area contributed by atoms with Crippen molar-refractivity contribution in [3.8, 4) is 0 Å². The molecule has 2 aromatic heterocycles. The molecule has 0 aromatic carbocycles. The van der Waals surface area contributed by atoms with Gasteiger partial charge in [0.1, 0.15) is 6.10 Å². The Morgan fingerprint density at radius 1 is 1.25 bits per heavy atom. The first-order chi connectivity index (χ1) is 11.8. The number of rotatable bonds is 3. The lowest BCUT2D eigenvalue weighted by Gasteiger charge is -2.32. The summed E-state index contributed by atoms with van der Waals surface area (Å²) >= 11 is 0. The van der Waals surface area contributed by atoms with Crippen LogP contribution in [0.5, 0.6) is 0 Å². The Morgan fingerprint density at radius 2 is 2.12 bits per heavy atom. The zero-order valence-corrected chi connectivity index (χ0v) is 13.5. The number of hydrogen-bond donors (Lipinski definition) is 1. The highest BCUT2D eigenvalue weighted by Crippen LogP contribution is 2.24. The molecule has 1 atom stereocenters. The molecule has 24 heavy (non-hydrogen) atoms. The molecule has 1 unspecified atom stereocenters. The average molecular weight is 327 g/mol. The molecule has 2 aliphatic heterocycles. The molecule has 7 nitrogen and oxygen atoms in total. The first kappa shape index (κ1) is 15.1. The smallest absolute Gasteiger partial charge is 0.255 e. The quantitative estimate of drug-likeness (QED) is 0.927. The lowest BCUT2D eigenvalue weighted by Crippen LogP contribution is -2.42. The summed E-state index contributed by atoms with van der Waals surface area (Å²) in [4.78, 5) is 28.5. The van der Waals surface area contributed by atoms with Crippen LogP contribution in [-0.2, 0) is 4.74 Å². The molecule has 1 N–H and O–H groups in total. The minimum Gasteiger partial charge on any atom is -0.368 e. The van der Waals surface area contributed by atoms with Gasteiger partial charge < -0.3 is 19.5 Å². The molecule has 1 amide bonds. The number of aromatic nitrogens is 3. The number of amides is 1. The number of carbonyl (C=O) groups is 1. The second-order valence-corrected chi connectivity index (χ2v) is 6.19. The second-order valence-electron chi connectivity index (χ2n) is 6.19. The Hall–Kier alpha value is -2.41. The van der Waals surface area contributed by atoms with Crippen molar-refractivity contribution >= 4 is 11.9 Å². The van der Waals surface area contributed by atoms with Gasteiger partial charge in [-0.1, -0.05) is 0 Å². The van der Waals surface area contributed by atoms with Gasteiger partial charge in [0.2, 0.25) is 5.95 Å². The van der Waals surface area contributed by atoms with Crippen molar-refractivity contribution in [1.29, 1.82) is 0 Å². The Morgan fingerprint density at radius 3 is 2.92 bits per heavy atom. The summed E-state index contributed by atoms with van der Waals surface area (Å²) in [5, 5.41) is 0.